The van der Waals surface area contributed by atoms with Crippen molar-refractivity contribution in [2.75, 3.05) is 18.5 Å². The summed E-state index contributed by atoms with van der Waals surface area (Å²) in [6, 6.07) is 12.2. The van der Waals surface area contributed by atoms with E-state index < -0.39 is 5.95 Å². The highest BCUT2D eigenvalue weighted by Gasteiger charge is 2.19. The molecule has 0 saturated carbocycles. The van der Waals surface area contributed by atoms with Gasteiger partial charge in [0, 0.05) is 10.6 Å². The normalized spacial score (nSPS) is 13.2. The summed E-state index contributed by atoms with van der Waals surface area (Å²) in [7, 11) is 0. The Bertz CT molecular complexity index is 1070. The number of nitrogens with zero attached hydrogens (tertiary/aromatic N) is 3. The molecule has 0 spiro atoms. The summed E-state index contributed by atoms with van der Waals surface area (Å²) in [5.41, 5.74) is 1.72. The summed E-state index contributed by atoms with van der Waals surface area (Å²) in [4.78, 5) is 16.4. The van der Waals surface area contributed by atoms with Crippen LogP contribution in [-0.2, 0) is 11.3 Å². The Morgan fingerprint density at radius 3 is 2.50 bits per heavy atom. The third kappa shape index (κ3) is 5.04. The molecule has 1 aliphatic heterocycles. The van der Waals surface area contributed by atoms with Gasteiger partial charge >= 0.3 is 0 Å². The number of benzene rings is 1. The third-order valence-electron chi connectivity index (χ3n) is 4.51. The minimum Gasteiger partial charge on any atom is -0.377 e. The fourth-order valence-electron chi connectivity index (χ4n) is 2.91. The Balaban J connectivity index is 0.00000124. The topological polar surface area (TPSA) is 69.0 Å². The second-order valence-electron chi connectivity index (χ2n) is 6.72. The summed E-state index contributed by atoms with van der Waals surface area (Å²) in [6.45, 7) is 7.12. The van der Waals surface area contributed by atoms with Gasteiger partial charge in [0.2, 0.25) is 5.95 Å². The molecule has 1 aliphatic rings. The fourth-order valence-corrected chi connectivity index (χ4v) is 3.04. The maximum Gasteiger partial charge on any atom is 0.270 e. The van der Waals surface area contributed by atoms with Gasteiger partial charge in [-0.2, -0.15) is 9.49 Å². The quantitative estimate of drug-likeness (QED) is 0.611. The number of nitrogens with one attached hydrogen (secondary N) is 1. The number of hydrogen-bond acceptors (Lipinski definition) is 5. The smallest absolute Gasteiger partial charge is 0.270 e. The van der Waals surface area contributed by atoms with Crippen molar-refractivity contribution in [2.24, 2.45) is 0 Å². The van der Waals surface area contributed by atoms with Gasteiger partial charge in [0.15, 0.2) is 0 Å². The Hall–Kier alpha value is -2.77. The van der Waals surface area contributed by atoms with E-state index in [9.17, 15) is 9.18 Å². The summed E-state index contributed by atoms with van der Waals surface area (Å²) < 4.78 is 21.0. The average molecular weight is 431 g/mol. The van der Waals surface area contributed by atoms with Gasteiger partial charge in [0.25, 0.3) is 5.56 Å². The van der Waals surface area contributed by atoms with Gasteiger partial charge in [0.1, 0.15) is 5.82 Å². The number of pyridine rings is 1. The molecule has 6 nitrogen and oxygen atoms in total. The molecule has 1 saturated heterocycles. The molecule has 158 valence electrons. The van der Waals surface area contributed by atoms with Crippen LogP contribution < -0.4 is 10.9 Å². The van der Waals surface area contributed by atoms with E-state index in [-0.39, 0.29) is 23.7 Å². The van der Waals surface area contributed by atoms with Gasteiger partial charge in [0.05, 0.1) is 37.1 Å². The molecule has 2 aromatic heterocycles. The number of ether oxygens (including phenoxy) is 1. The molecule has 3 heterocycles. The molecule has 4 rings (SSSR count). The van der Waals surface area contributed by atoms with Crippen molar-refractivity contribution in [3.8, 4) is 11.3 Å². The molecular formula is C22H24ClFN4O2. The maximum atomic E-state index is 14.6. The van der Waals surface area contributed by atoms with Crippen LogP contribution in [0.25, 0.3) is 11.3 Å². The fraction of sp³-hybridized carbons (Fsp3) is 0.318. The highest BCUT2D eigenvalue weighted by atomic mass is 35.5. The molecular weight excluding hydrogens is 407 g/mol. The number of halogens is 2. The van der Waals surface area contributed by atoms with Crippen molar-refractivity contribution in [1.82, 2.24) is 14.8 Å². The lowest BCUT2D eigenvalue weighted by atomic mass is 10.1. The molecule has 0 aliphatic carbocycles. The van der Waals surface area contributed by atoms with Gasteiger partial charge in [-0.1, -0.05) is 37.6 Å². The zero-order valence-electron chi connectivity index (χ0n) is 17.2. The Morgan fingerprint density at radius 1 is 1.20 bits per heavy atom. The third-order valence-corrected chi connectivity index (χ3v) is 4.77. The number of aryl methyl sites for hydroxylation is 1. The van der Waals surface area contributed by atoms with Crippen LogP contribution >= 0.6 is 11.6 Å². The highest BCUT2D eigenvalue weighted by Crippen LogP contribution is 2.22. The van der Waals surface area contributed by atoms with Crippen molar-refractivity contribution >= 4 is 17.4 Å². The standard InChI is InChI=1S/C20H18ClFN4O2.C2H6/c1-12-8-17(16-6-7-18(24-19(16)22)23-15-10-28-11-15)25-26(20(12)27)9-13-2-4-14(21)5-3-13;1-2/h2-8,15H,9-11H2,1H3,(H,23,24);1-2H3. The monoisotopic (exact) mass is 430 g/mol. The van der Waals surface area contributed by atoms with Gasteiger partial charge in [-0.15, -0.1) is 0 Å². The van der Waals surface area contributed by atoms with Crippen molar-refractivity contribution in [3.05, 3.63) is 74.9 Å². The van der Waals surface area contributed by atoms with Crippen LogP contribution in [0.5, 0.6) is 0 Å². The number of anilines is 1. The van der Waals surface area contributed by atoms with Gasteiger partial charge in [-0.3, -0.25) is 4.79 Å². The lowest BCUT2D eigenvalue weighted by Gasteiger charge is -2.27. The van der Waals surface area contributed by atoms with E-state index in [0.29, 0.717) is 35.3 Å². The van der Waals surface area contributed by atoms with Gasteiger partial charge in [-0.25, -0.2) is 9.67 Å². The molecule has 8 heteroatoms. The summed E-state index contributed by atoms with van der Waals surface area (Å²) >= 11 is 5.91. The first-order valence-corrected chi connectivity index (χ1v) is 10.2. The van der Waals surface area contributed by atoms with Crippen LogP contribution in [0.15, 0.2) is 47.3 Å². The zero-order valence-corrected chi connectivity index (χ0v) is 17.9. The second-order valence-corrected chi connectivity index (χ2v) is 7.15. The summed E-state index contributed by atoms with van der Waals surface area (Å²) in [5, 5.41) is 8.07. The first-order valence-electron chi connectivity index (χ1n) is 9.84. The Kier molecular flexibility index (Phi) is 7.18. The molecule has 1 fully saturated rings. The minimum atomic E-state index is -0.645. The van der Waals surface area contributed by atoms with Crippen LogP contribution in [0.1, 0.15) is 25.0 Å². The lowest BCUT2D eigenvalue weighted by Crippen LogP contribution is -2.40. The SMILES string of the molecule is CC.Cc1cc(-c2ccc(NC3COC3)nc2F)nn(Cc2ccc(Cl)cc2)c1=O. The Morgan fingerprint density at radius 2 is 1.90 bits per heavy atom. The lowest BCUT2D eigenvalue weighted by molar-refractivity contribution is 0.0209. The maximum absolute atomic E-state index is 14.6. The second kappa shape index (κ2) is 9.82. The predicted molar refractivity (Wildman–Crippen MR) is 117 cm³/mol. The molecule has 0 radical (unpaired) electrons. The number of hydrogen-bond donors (Lipinski definition) is 1. The van der Waals surface area contributed by atoms with E-state index in [2.05, 4.69) is 15.4 Å². The number of rotatable bonds is 5. The van der Waals surface area contributed by atoms with Crippen LogP contribution in [0.3, 0.4) is 0 Å². The molecule has 1 N–H and O–H groups in total. The zero-order chi connectivity index (χ0) is 21.7. The van der Waals surface area contributed by atoms with Crippen LogP contribution in [0.2, 0.25) is 5.02 Å². The summed E-state index contributed by atoms with van der Waals surface area (Å²) in [5.74, 6) is -0.199. The van der Waals surface area contributed by atoms with E-state index in [1.165, 1.54) is 4.68 Å². The largest absolute Gasteiger partial charge is 0.377 e. The van der Waals surface area contributed by atoms with E-state index in [4.69, 9.17) is 16.3 Å². The van der Waals surface area contributed by atoms with Crippen molar-refractivity contribution in [1.29, 1.82) is 0 Å². The molecule has 0 bridgehead atoms. The molecule has 0 atom stereocenters. The van der Waals surface area contributed by atoms with Crippen LogP contribution in [0.4, 0.5) is 10.2 Å². The number of aromatic nitrogens is 3. The van der Waals surface area contributed by atoms with Crippen molar-refractivity contribution < 1.29 is 9.13 Å². The first-order chi connectivity index (χ1) is 14.5. The van der Waals surface area contributed by atoms with Crippen molar-refractivity contribution in [3.63, 3.8) is 0 Å². The average Bonchev–Trinajstić information content (AvgIpc) is 2.71. The molecule has 3 aromatic rings. The van der Waals surface area contributed by atoms with Gasteiger partial charge in [-0.05, 0) is 42.8 Å². The Labute approximate surface area is 179 Å². The minimum absolute atomic E-state index is 0.152. The van der Waals surface area contributed by atoms with E-state index in [0.717, 1.165) is 5.56 Å². The van der Waals surface area contributed by atoms with E-state index in [1.807, 2.05) is 26.0 Å². The summed E-state index contributed by atoms with van der Waals surface area (Å²) in [6.07, 6.45) is 0. The highest BCUT2D eigenvalue weighted by molar-refractivity contribution is 6.30. The first kappa shape index (κ1) is 21.9. The molecule has 1 aromatic carbocycles. The van der Waals surface area contributed by atoms with E-state index >= 15 is 0 Å². The van der Waals surface area contributed by atoms with Gasteiger partial charge < -0.3 is 10.1 Å². The van der Waals surface area contributed by atoms with E-state index in [1.54, 1.807) is 37.3 Å². The van der Waals surface area contributed by atoms with Crippen LogP contribution in [-0.4, -0.2) is 34.0 Å². The predicted octanol–water partition coefficient (Wildman–Crippen LogP) is 4.29. The molecule has 30 heavy (non-hydrogen) atoms. The van der Waals surface area contributed by atoms with Crippen LogP contribution in [0, 0.1) is 12.9 Å². The van der Waals surface area contributed by atoms with Crippen molar-refractivity contribution in [2.45, 2.75) is 33.4 Å². The molecule has 0 amide bonds. The molecule has 0 unspecified atom stereocenters.